The fraction of sp³-hybridized carbons (Fsp3) is 0.231. The Morgan fingerprint density at radius 2 is 1.52 bits per heavy atom. The average Bonchev–Trinajstić information content (AvgIpc) is 2.79. The zero-order valence-electron chi connectivity index (χ0n) is 18.4. The molecule has 0 heterocycles. The third-order valence-corrected chi connectivity index (χ3v) is 6.03. The van der Waals surface area contributed by atoms with Crippen LogP contribution in [0.15, 0.2) is 72.8 Å². The molecule has 0 radical (unpaired) electrons. The molecule has 3 aromatic rings. The number of amides is 2. The molecule has 0 aliphatic heterocycles. The molecule has 2 amide bonds. The predicted molar refractivity (Wildman–Crippen MR) is 134 cm³/mol. The minimum atomic E-state index is -0.817. The van der Waals surface area contributed by atoms with Crippen LogP contribution in [-0.2, 0) is 22.7 Å². The Balaban J connectivity index is 1.94. The third kappa shape index (κ3) is 6.73. The van der Waals surface area contributed by atoms with Crippen LogP contribution in [0.25, 0.3) is 0 Å². The van der Waals surface area contributed by atoms with Gasteiger partial charge in [-0.1, -0.05) is 97.2 Å². The van der Waals surface area contributed by atoms with Crippen LogP contribution in [0, 0.1) is 5.92 Å². The molecule has 4 nitrogen and oxygen atoms in total. The first-order valence-electron chi connectivity index (χ1n) is 10.6. The molecular formula is C26H25Cl3N2O2. The van der Waals surface area contributed by atoms with Crippen LogP contribution in [0.1, 0.15) is 36.6 Å². The summed E-state index contributed by atoms with van der Waals surface area (Å²) in [6.45, 7) is 4.13. The SMILES string of the molecule is CC(C)C(=O)N(Cc1ccc(Cl)cc1)C(C(=O)NCc1ccc(Cl)cc1Cl)c1ccccc1. The Bertz CT molecular complexity index is 1100. The summed E-state index contributed by atoms with van der Waals surface area (Å²) in [4.78, 5) is 28.4. The van der Waals surface area contributed by atoms with Gasteiger partial charge in [-0.3, -0.25) is 9.59 Å². The molecule has 0 aliphatic rings. The van der Waals surface area contributed by atoms with Crippen molar-refractivity contribution in [2.45, 2.75) is 33.0 Å². The van der Waals surface area contributed by atoms with Crippen LogP contribution in [0.5, 0.6) is 0 Å². The largest absolute Gasteiger partial charge is 0.350 e. The molecule has 1 unspecified atom stereocenters. The topological polar surface area (TPSA) is 49.4 Å². The quantitative estimate of drug-likeness (QED) is 0.372. The van der Waals surface area contributed by atoms with Crippen molar-refractivity contribution < 1.29 is 9.59 Å². The van der Waals surface area contributed by atoms with E-state index in [2.05, 4.69) is 5.32 Å². The molecule has 0 aromatic heterocycles. The van der Waals surface area contributed by atoms with Crippen LogP contribution in [0.4, 0.5) is 0 Å². The van der Waals surface area contributed by atoms with E-state index in [1.807, 2.05) is 56.3 Å². The van der Waals surface area contributed by atoms with Gasteiger partial charge in [-0.05, 0) is 41.0 Å². The third-order valence-electron chi connectivity index (χ3n) is 5.19. The van der Waals surface area contributed by atoms with Crippen molar-refractivity contribution >= 4 is 46.6 Å². The van der Waals surface area contributed by atoms with E-state index in [4.69, 9.17) is 34.8 Å². The number of carbonyl (C=O) groups excluding carboxylic acids is 2. The monoisotopic (exact) mass is 502 g/mol. The van der Waals surface area contributed by atoms with E-state index in [0.717, 1.165) is 16.7 Å². The molecule has 3 rings (SSSR count). The highest BCUT2D eigenvalue weighted by molar-refractivity contribution is 6.35. The number of rotatable bonds is 8. The Morgan fingerprint density at radius 1 is 0.879 bits per heavy atom. The summed E-state index contributed by atoms with van der Waals surface area (Å²) in [5.74, 6) is -0.712. The fourth-order valence-electron chi connectivity index (χ4n) is 3.47. The van der Waals surface area contributed by atoms with E-state index in [-0.39, 0.29) is 30.8 Å². The summed E-state index contributed by atoms with van der Waals surface area (Å²) in [5.41, 5.74) is 2.34. The molecule has 0 saturated heterocycles. The molecule has 33 heavy (non-hydrogen) atoms. The van der Waals surface area contributed by atoms with Gasteiger partial charge < -0.3 is 10.2 Å². The molecule has 1 atom stereocenters. The van der Waals surface area contributed by atoms with Crippen LogP contribution in [0.3, 0.4) is 0 Å². The first kappa shape index (κ1) is 25.1. The van der Waals surface area contributed by atoms with E-state index in [9.17, 15) is 9.59 Å². The Labute approximate surface area is 209 Å². The number of nitrogens with one attached hydrogen (secondary N) is 1. The highest BCUT2D eigenvalue weighted by Crippen LogP contribution is 2.27. The Hall–Kier alpha value is -2.53. The summed E-state index contributed by atoms with van der Waals surface area (Å²) in [6, 6.07) is 20.8. The van der Waals surface area contributed by atoms with Gasteiger partial charge in [0.25, 0.3) is 0 Å². The van der Waals surface area contributed by atoms with E-state index in [0.29, 0.717) is 15.1 Å². The number of halogens is 3. The van der Waals surface area contributed by atoms with E-state index in [1.165, 1.54) is 0 Å². The number of benzene rings is 3. The second kappa shape index (κ2) is 11.6. The van der Waals surface area contributed by atoms with Crippen LogP contribution in [0.2, 0.25) is 15.1 Å². The smallest absolute Gasteiger partial charge is 0.247 e. The van der Waals surface area contributed by atoms with Gasteiger partial charge in [0.05, 0.1) is 0 Å². The zero-order valence-corrected chi connectivity index (χ0v) is 20.7. The molecule has 3 aromatic carbocycles. The molecule has 0 aliphatic carbocycles. The molecule has 0 fully saturated rings. The maximum atomic E-state index is 13.5. The van der Waals surface area contributed by atoms with Gasteiger partial charge in [0, 0.05) is 34.1 Å². The number of hydrogen-bond acceptors (Lipinski definition) is 2. The first-order chi connectivity index (χ1) is 15.8. The lowest BCUT2D eigenvalue weighted by molar-refractivity contribution is -0.144. The van der Waals surface area contributed by atoms with Gasteiger partial charge in [0.15, 0.2) is 0 Å². The van der Waals surface area contributed by atoms with Gasteiger partial charge in [0.1, 0.15) is 6.04 Å². The molecule has 0 spiro atoms. The molecule has 1 N–H and O–H groups in total. The highest BCUT2D eigenvalue weighted by atomic mass is 35.5. The number of carbonyl (C=O) groups is 2. The van der Waals surface area contributed by atoms with Crippen LogP contribution >= 0.6 is 34.8 Å². The summed E-state index contributed by atoms with van der Waals surface area (Å²) >= 11 is 18.3. The normalized spacial score (nSPS) is 11.8. The lowest BCUT2D eigenvalue weighted by Gasteiger charge is -2.33. The van der Waals surface area contributed by atoms with Crippen molar-refractivity contribution in [3.63, 3.8) is 0 Å². The van der Waals surface area contributed by atoms with Gasteiger partial charge in [-0.15, -0.1) is 0 Å². The zero-order chi connectivity index (χ0) is 24.0. The van der Waals surface area contributed by atoms with Crippen molar-refractivity contribution in [3.8, 4) is 0 Å². The summed E-state index contributed by atoms with van der Waals surface area (Å²) in [6.07, 6.45) is 0. The van der Waals surface area contributed by atoms with Crippen molar-refractivity contribution in [2.75, 3.05) is 0 Å². The first-order valence-corrected chi connectivity index (χ1v) is 11.7. The number of hydrogen-bond donors (Lipinski definition) is 1. The average molecular weight is 504 g/mol. The molecule has 172 valence electrons. The van der Waals surface area contributed by atoms with E-state index >= 15 is 0 Å². The van der Waals surface area contributed by atoms with Crippen molar-refractivity contribution in [2.24, 2.45) is 5.92 Å². The van der Waals surface area contributed by atoms with Gasteiger partial charge in [-0.2, -0.15) is 0 Å². The molecule has 0 bridgehead atoms. The van der Waals surface area contributed by atoms with E-state index < -0.39 is 6.04 Å². The lowest BCUT2D eigenvalue weighted by atomic mass is 10.0. The van der Waals surface area contributed by atoms with Gasteiger partial charge in [-0.25, -0.2) is 0 Å². The minimum absolute atomic E-state index is 0.126. The molecule has 7 heteroatoms. The predicted octanol–water partition coefficient (Wildman–Crippen LogP) is 6.69. The maximum absolute atomic E-state index is 13.5. The minimum Gasteiger partial charge on any atom is -0.350 e. The van der Waals surface area contributed by atoms with Crippen molar-refractivity contribution in [3.05, 3.63) is 105 Å². The number of nitrogens with zero attached hydrogens (tertiary/aromatic N) is 1. The second-order valence-electron chi connectivity index (χ2n) is 8.01. The highest BCUT2D eigenvalue weighted by Gasteiger charge is 2.32. The Morgan fingerprint density at radius 3 is 2.12 bits per heavy atom. The molecule has 0 saturated carbocycles. The van der Waals surface area contributed by atoms with Crippen molar-refractivity contribution in [1.29, 1.82) is 0 Å². The summed E-state index contributed by atoms with van der Waals surface area (Å²) in [7, 11) is 0. The summed E-state index contributed by atoms with van der Waals surface area (Å²) < 4.78 is 0. The van der Waals surface area contributed by atoms with Gasteiger partial charge in [0.2, 0.25) is 11.8 Å². The molecular weight excluding hydrogens is 479 g/mol. The van der Waals surface area contributed by atoms with Crippen molar-refractivity contribution in [1.82, 2.24) is 10.2 Å². The van der Waals surface area contributed by atoms with Crippen LogP contribution < -0.4 is 5.32 Å². The summed E-state index contributed by atoms with van der Waals surface area (Å²) in [5, 5.41) is 4.54. The maximum Gasteiger partial charge on any atom is 0.247 e. The van der Waals surface area contributed by atoms with Crippen LogP contribution in [-0.4, -0.2) is 16.7 Å². The fourth-order valence-corrected chi connectivity index (χ4v) is 4.07. The van der Waals surface area contributed by atoms with E-state index in [1.54, 1.807) is 35.2 Å². The lowest BCUT2D eigenvalue weighted by Crippen LogP contribution is -2.44. The second-order valence-corrected chi connectivity index (χ2v) is 9.29. The standard InChI is InChI=1S/C26H25Cl3N2O2/c1-17(2)26(33)31(16-18-8-11-21(27)12-9-18)24(19-6-4-3-5-7-19)25(32)30-15-20-10-13-22(28)14-23(20)29/h3-14,17,24H,15-16H2,1-2H3,(H,30,32). The Kier molecular flexibility index (Phi) is 8.79. The van der Waals surface area contributed by atoms with Gasteiger partial charge >= 0.3 is 0 Å².